The van der Waals surface area contributed by atoms with E-state index in [9.17, 15) is 14.6 Å². The van der Waals surface area contributed by atoms with E-state index in [0.29, 0.717) is 29.8 Å². The van der Waals surface area contributed by atoms with Crippen LogP contribution in [-0.2, 0) is 19.5 Å². The molecule has 0 amide bonds. The number of fused-ring (bicyclic) bond motifs is 1. The van der Waals surface area contributed by atoms with Gasteiger partial charge < -0.3 is 21.1 Å². The van der Waals surface area contributed by atoms with Gasteiger partial charge in [-0.05, 0) is 36.1 Å². The SMILES string of the molecule is CC(=O)c1cccc2c1OB(O)[C@@H](CC(=O)c1cccc(CN)c1CN)C2. The maximum atomic E-state index is 12.9. The Kier molecular flexibility index (Phi) is 5.75. The Balaban J connectivity index is 1.84. The fourth-order valence-electron chi connectivity index (χ4n) is 3.61. The average Bonchev–Trinajstić information content (AvgIpc) is 2.67. The van der Waals surface area contributed by atoms with Crippen LogP contribution in [0, 0.1) is 0 Å². The predicted molar refractivity (Wildman–Crippen MR) is 104 cm³/mol. The van der Waals surface area contributed by atoms with Gasteiger partial charge in [0, 0.05) is 30.9 Å². The highest BCUT2D eigenvalue weighted by molar-refractivity contribution is 6.47. The first kappa shape index (κ1) is 19.3. The lowest BCUT2D eigenvalue weighted by atomic mass is 9.64. The van der Waals surface area contributed by atoms with Gasteiger partial charge >= 0.3 is 7.12 Å². The van der Waals surface area contributed by atoms with E-state index in [1.807, 2.05) is 12.1 Å². The van der Waals surface area contributed by atoms with E-state index in [2.05, 4.69) is 0 Å². The monoisotopic (exact) mass is 366 g/mol. The van der Waals surface area contributed by atoms with Crippen LogP contribution in [0.1, 0.15) is 50.8 Å². The summed E-state index contributed by atoms with van der Waals surface area (Å²) in [6, 6.07) is 10.7. The first-order valence-electron chi connectivity index (χ1n) is 8.97. The van der Waals surface area contributed by atoms with Crippen LogP contribution in [0.3, 0.4) is 0 Å². The summed E-state index contributed by atoms with van der Waals surface area (Å²) in [7, 11) is -1.15. The van der Waals surface area contributed by atoms with Crippen molar-refractivity contribution in [3.05, 3.63) is 64.2 Å². The first-order chi connectivity index (χ1) is 13.0. The van der Waals surface area contributed by atoms with Gasteiger partial charge in [0.1, 0.15) is 5.75 Å². The van der Waals surface area contributed by atoms with Gasteiger partial charge in [-0.15, -0.1) is 0 Å². The largest absolute Gasteiger partial charge is 0.535 e. The van der Waals surface area contributed by atoms with Crippen molar-refractivity contribution in [2.45, 2.75) is 38.7 Å². The van der Waals surface area contributed by atoms with E-state index >= 15 is 0 Å². The smallest absolute Gasteiger partial charge is 0.526 e. The molecule has 0 spiro atoms. The second-order valence-corrected chi connectivity index (χ2v) is 6.80. The van der Waals surface area contributed by atoms with Crippen LogP contribution in [0.15, 0.2) is 36.4 Å². The number of hydrogen-bond acceptors (Lipinski definition) is 6. The standard InChI is InChI=1S/C20H23BN2O4/c1-12(24)16-6-2-4-13-8-15(21(26)27-20(13)16)9-19(25)17-7-3-5-14(10-22)18(17)11-23/h2-7,15,26H,8-11,22-23H2,1H3/t15-/m1/s1. The number of rotatable bonds is 6. The van der Waals surface area contributed by atoms with Crippen LogP contribution in [0.4, 0.5) is 0 Å². The van der Waals surface area contributed by atoms with Crippen LogP contribution < -0.4 is 16.1 Å². The van der Waals surface area contributed by atoms with Crippen LogP contribution >= 0.6 is 0 Å². The molecule has 1 aliphatic heterocycles. The van der Waals surface area contributed by atoms with Crippen LogP contribution in [0.25, 0.3) is 0 Å². The highest BCUT2D eigenvalue weighted by Crippen LogP contribution is 2.37. The molecule has 27 heavy (non-hydrogen) atoms. The van der Waals surface area contributed by atoms with Crippen molar-refractivity contribution in [3.8, 4) is 5.75 Å². The number of para-hydroxylation sites is 1. The Labute approximate surface area is 158 Å². The molecule has 0 saturated carbocycles. The van der Waals surface area contributed by atoms with E-state index in [0.717, 1.165) is 16.7 Å². The molecule has 0 aliphatic carbocycles. The number of nitrogens with two attached hydrogens (primary N) is 2. The highest BCUT2D eigenvalue weighted by atomic mass is 16.5. The van der Waals surface area contributed by atoms with Gasteiger partial charge in [0.15, 0.2) is 11.6 Å². The van der Waals surface area contributed by atoms with Crippen molar-refractivity contribution in [1.82, 2.24) is 0 Å². The second kappa shape index (κ2) is 8.04. The Morgan fingerprint density at radius 2 is 1.85 bits per heavy atom. The molecule has 0 saturated heterocycles. The molecule has 7 heteroatoms. The third kappa shape index (κ3) is 3.80. The molecular formula is C20H23BN2O4. The van der Waals surface area contributed by atoms with Gasteiger partial charge in [-0.3, -0.25) is 9.59 Å². The van der Waals surface area contributed by atoms with E-state index in [1.54, 1.807) is 24.3 Å². The summed E-state index contributed by atoms with van der Waals surface area (Å²) in [6.45, 7) is 1.99. The number of carbonyl (C=O) groups excluding carboxylic acids is 2. The molecular weight excluding hydrogens is 343 g/mol. The lowest BCUT2D eigenvalue weighted by Gasteiger charge is -2.28. The summed E-state index contributed by atoms with van der Waals surface area (Å²) in [5.41, 5.74) is 15.0. The number of ketones is 2. The molecule has 2 aromatic rings. The lowest BCUT2D eigenvalue weighted by molar-refractivity contribution is 0.0970. The summed E-state index contributed by atoms with van der Waals surface area (Å²) in [5.74, 6) is -0.224. The van der Waals surface area contributed by atoms with Crippen molar-refractivity contribution in [1.29, 1.82) is 0 Å². The molecule has 140 valence electrons. The zero-order chi connectivity index (χ0) is 19.6. The highest BCUT2D eigenvalue weighted by Gasteiger charge is 2.37. The molecule has 2 aromatic carbocycles. The number of hydrogen-bond donors (Lipinski definition) is 3. The topological polar surface area (TPSA) is 116 Å². The molecule has 6 nitrogen and oxygen atoms in total. The molecule has 1 atom stereocenters. The zero-order valence-corrected chi connectivity index (χ0v) is 15.3. The van der Waals surface area contributed by atoms with Gasteiger partial charge in [0.05, 0.1) is 5.56 Å². The Morgan fingerprint density at radius 1 is 1.15 bits per heavy atom. The average molecular weight is 366 g/mol. The summed E-state index contributed by atoms with van der Waals surface area (Å²) in [6.07, 6.45) is 0.573. The summed E-state index contributed by atoms with van der Waals surface area (Å²) >= 11 is 0. The van der Waals surface area contributed by atoms with Gasteiger partial charge in [-0.2, -0.15) is 0 Å². The Bertz CT molecular complexity index is 884. The van der Waals surface area contributed by atoms with Crippen LogP contribution in [-0.4, -0.2) is 23.7 Å². The molecule has 3 rings (SSSR count). The second-order valence-electron chi connectivity index (χ2n) is 6.80. The summed E-state index contributed by atoms with van der Waals surface area (Å²) in [4.78, 5) is 24.6. The number of Topliss-reactive ketones (excluding diaryl/α,β-unsaturated/α-hetero) is 2. The molecule has 0 aromatic heterocycles. The minimum Gasteiger partial charge on any atom is -0.535 e. The maximum Gasteiger partial charge on any atom is 0.526 e. The van der Waals surface area contributed by atoms with E-state index in [1.165, 1.54) is 6.92 Å². The fourth-order valence-corrected chi connectivity index (χ4v) is 3.61. The zero-order valence-electron chi connectivity index (χ0n) is 15.3. The van der Waals surface area contributed by atoms with Crippen molar-refractivity contribution in [2.75, 3.05) is 0 Å². The van der Waals surface area contributed by atoms with E-state index < -0.39 is 12.9 Å². The Morgan fingerprint density at radius 3 is 2.52 bits per heavy atom. The van der Waals surface area contributed by atoms with Crippen molar-refractivity contribution in [2.24, 2.45) is 11.5 Å². The normalized spacial score (nSPS) is 15.9. The molecule has 0 unspecified atom stereocenters. The molecule has 0 bridgehead atoms. The molecule has 1 aliphatic rings. The number of carbonyl (C=O) groups is 2. The quantitative estimate of drug-likeness (QED) is 0.531. The third-order valence-electron chi connectivity index (χ3n) is 5.04. The maximum absolute atomic E-state index is 12.9. The van der Waals surface area contributed by atoms with E-state index in [-0.39, 0.29) is 24.5 Å². The Hall–Kier alpha value is -2.48. The molecule has 1 heterocycles. The van der Waals surface area contributed by atoms with Gasteiger partial charge in [0.2, 0.25) is 0 Å². The first-order valence-corrected chi connectivity index (χ1v) is 8.97. The molecule has 0 fully saturated rings. The predicted octanol–water partition coefficient (Wildman–Crippen LogP) is 1.87. The van der Waals surface area contributed by atoms with Gasteiger partial charge in [0.25, 0.3) is 0 Å². The van der Waals surface area contributed by atoms with E-state index in [4.69, 9.17) is 16.1 Å². The summed E-state index contributed by atoms with van der Waals surface area (Å²) in [5, 5.41) is 10.4. The van der Waals surface area contributed by atoms with Crippen LogP contribution in [0.5, 0.6) is 5.75 Å². The van der Waals surface area contributed by atoms with Crippen molar-refractivity contribution < 1.29 is 19.3 Å². The fraction of sp³-hybridized carbons (Fsp3) is 0.300. The minimum absolute atomic E-state index is 0.107. The minimum atomic E-state index is -1.15. The summed E-state index contributed by atoms with van der Waals surface area (Å²) < 4.78 is 5.61. The molecule has 0 radical (unpaired) electrons. The molecule has 5 N–H and O–H groups in total. The van der Waals surface area contributed by atoms with Crippen molar-refractivity contribution >= 4 is 18.7 Å². The van der Waals surface area contributed by atoms with Crippen molar-refractivity contribution in [3.63, 3.8) is 0 Å². The van der Waals surface area contributed by atoms with Crippen LogP contribution in [0.2, 0.25) is 5.82 Å². The third-order valence-corrected chi connectivity index (χ3v) is 5.04. The lowest BCUT2D eigenvalue weighted by Crippen LogP contribution is -2.36. The van der Waals surface area contributed by atoms with Gasteiger partial charge in [-0.25, -0.2) is 0 Å². The van der Waals surface area contributed by atoms with Gasteiger partial charge in [-0.1, -0.05) is 30.3 Å². The number of benzene rings is 2.